The Bertz CT molecular complexity index is 720. The molecule has 0 aromatic heterocycles. The van der Waals surface area contributed by atoms with E-state index in [9.17, 15) is 8.42 Å². The molecule has 1 aliphatic heterocycles. The summed E-state index contributed by atoms with van der Waals surface area (Å²) in [5, 5.41) is 1.93. The number of benzene rings is 2. The SMILES string of the molecule is Cc1ccc2c3c(cccc13)CN(C)S2(=O)=O. The highest BCUT2D eigenvalue weighted by atomic mass is 32.2. The Morgan fingerprint density at radius 3 is 2.71 bits per heavy atom. The van der Waals surface area contributed by atoms with Crippen molar-refractivity contribution in [3.8, 4) is 0 Å². The molecule has 0 fully saturated rings. The molecule has 2 aromatic rings. The summed E-state index contributed by atoms with van der Waals surface area (Å²) in [5.74, 6) is 0. The van der Waals surface area contributed by atoms with Crippen molar-refractivity contribution in [1.82, 2.24) is 4.31 Å². The second-order valence-electron chi connectivity index (χ2n) is 4.48. The van der Waals surface area contributed by atoms with Crippen molar-refractivity contribution in [2.75, 3.05) is 7.05 Å². The Hall–Kier alpha value is -1.39. The van der Waals surface area contributed by atoms with Crippen LogP contribution in [0.4, 0.5) is 0 Å². The van der Waals surface area contributed by atoms with Crippen LogP contribution >= 0.6 is 0 Å². The molecule has 1 aliphatic rings. The zero-order valence-electron chi connectivity index (χ0n) is 9.77. The summed E-state index contributed by atoms with van der Waals surface area (Å²) >= 11 is 0. The molecule has 0 amide bonds. The third-order valence-electron chi connectivity index (χ3n) is 3.39. The number of rotatable bonds is 0. The second-order valence-corrected chi connectivity index (χ2v) is 6.49. The lowest BCUT2D eigenvalue weighted by atomic mass is 10.0. The Morgan fingerprint density at radius 1 is 1.18 bits per heavy atom. The summed E-state index contributed by atoms with van der Waals surface area (Å²) in [6.07, 6.45) is 0. The van der Waals surface area contributed by atoms with Gasteiger partial charge >= 0.3 is 0 Å². The van der Waals surface area contributed by atoms with E-state index in [1.165, 1.54) is 4.31 Å². The fourth-order valence-corrected chi connectivity index (χ4v) is 3.82. The molecule has 0 saturated carbocycles. The molecule has 0 unspecified atom stereocenters. The highest BCUT2D eigenvalue weighted by molar-refractivity contribution is 7.89. The molecular weight excluding hydrogens is 234 g/mol. The van der Waals surface area contributed by atoms with Gasteiger partial charge in [0.1, 0.15) is 0 Å². The van der Waals surface area contributed by atoms with Crippen molar-refractivity contribution >= 4 is 20.8 Å². The number of nitrogens with zero attached hydrogens (tertiary/aromatic N) is 1. The van der Waals surface area contributed by atoms with Gasteiger partial charge in [0, 0.05) is 19.0 Å². The normalized spacial score (nSPS) is 18.5. The van der Waals surface area contributed by atoms with E-state index in [1.807, 2.05) is 31.2 Å². The average Bonchev–Trinajstić information content (AvgIpc) is 2.28. The summed E-state index contributed by atoms with van der Waals surface area (Å²) in [6, 6.07) is 9.56. The Morgan fingerprint density at radius 2 is 1.94 bits per heavy atom. The summed E-state index contributed by atoms with van der Waals surface area (Å²) in [5.41, 5.74) is 2.20. The molecule has 1 heterocycles. The topological polar surface area (TPSA) is 37.4 Å². The van der Waals surface area contributed by atoms with Crippen LogP contribution in [-0.4, -0.2) is 19.8 Å². The zero-order valence-corrected chi connectivity index (χ0v) is 10.6. The van der Waals surface area contributed by atoms with Crippen molar-refractivity contribution in [3.63, 3.8) is 0 Å². The first kappa shape index (κ1) is 10.7. The van der Waals surface area contributed by atoms with Crippen LogP contribution in [0.2, 0.25) is 0 Å². The van der Waals surface area contributed by atoms with Gasteiger partial charge in [-0.1, -0.05) is 24.3 Å². The summed E-state index contributed by atoms with van der Waals surface area (Å²) in [4.78, 5) is 0.433. The van der Waals surface area contributed by atoms with Gasteiger partial charge in [-0.3, -0.25) is 0 Å². The first-order valence-corrected chi connectivity index (χ1v) is 6.93. The van der Waals surface area contributed by atoms with Gasteiger partial charge in [0.25, 0.3) is 0 Å². The molecule has 0 saturated heterocycles. The monoisotopic (exact) mass is 247 g/mol. The van der Waals surface area contributed by atoms with Gasteiger partial charge in [-0.2, -0.15) is 4.31 Å². The van der Waals surface area contributed by atoms with Crippen molar-refractivity contribution in [2.24, 2.45) is 0 Å². The van der Waals surface area contributed by atoms with E-state index in [4.69, 9.17) is 0 Å². The Kier molecular flexibility index (Phi) is 2.09. The van der Waals surface area contributed by atoms with E-state index in [1.54, 1.807) is 13.1 Å². The molecule has 3 nitrogen and oxygen atoms in total. The first-order chi connectivity index (χ1) is 8.01. The van der Waals surface area contributed by atoms with Crippen LogP contribution in [0.25, 0.3) is 10.8 Å². The van der Waals surface area contributed by atoms with Crippen LogP contribution in [0, 0.1) is 6.92 Å². The lowest BCUT2D eigenvalue weighted by Gasteiger charge is -2.25. The van der Waals surface area contributed by atoms with Crippen LogP contribution < -0.4 is 0 Å². The summed E-state index contributed by atoms with van der Waals surface area (Å²) in [6.45, 7) is 2.46. The molecule has 0 aliphatic carbocycles. The maximum Gasteiger partial charge on any atom is 0.243 e. The zero-order chi connectivity index (χ0) is 12.2. The van der Waals surface area contributed by atoms with Crippen molar-refractivity contribution in [3.05, 3.63) is 41.5 Å². The van der Waals surface area contributed by atoms with E-state index in [0.717, 1.165) is 21.9 Å². The smallest absolute Gasteiger partial charge is 0.207 e. The van der Waals surface area contributed by atoms with E-state index < -0.39 is 10.0 Å². The second kappa shape index (κ2) is 3.31. The molecule has 0 atom stereocenters. The molecule has 4 heteroatoms. The highest BCUT2D eigenvalue weighted by Gasteiger charge is 2.29. The van der Waals surface area contributed by atoms with E-state index in [-0.39, 0.29) is 0 Å². The molecular formula is C13H13NO2S. The van der Waals surface area contributed by atoms with Crippen LogP contribution in [-0.2, 0) is 16.6 Å². The Labute approximate surface area is 101 Å². The number of hydrogen-bond acceptors (Lipinski definition) is 2. The van der Waals surface area contributed by atoms with Gasteiger partial charge in [-0.05, 0) is 29.5 Å². The molecule has 17 heavy (non-hydrogen) atoms. The van der Waals surface area contributed by atoms with E-state index in [0.29, 0.717) is 11.4 Å². The fraction of sp³-hybridized carbons (Fsp3) is 0.231. The Balaban J connectivity index is 2.56. The minimum atomic E-state index is -3.31. The highest BCUT2D eigenvalue weighted by Crippen LogP contribution is 2.35. The van der Waals surface area contributed by atoms with Gasteiger partial charge in [0.05, 0.1) is 4.90 Å². The van der Waals surface area contributed by atoms with Crippen molar-refractivity contribution < 1.29 is 8.42 Å². The lowest BCUT2D eigenvalue weighted by Crippen LogP contribution is -2.30. The van der Waals surface area contributed by atoms with Gasteiger partial charge in [-0.15, -0.1) is 0 Å². The van der Waals surface area contributed by atoms with Crippen LogP contribution in [0.15, 0.2) is 35.2 Å². The average molecular weight is 247 g/mol. The maximum atomic E-state index is 12.2. The molecule has 0 bridgehead atoms. The van der Waals surface area contributed by atoms with Crippen LogP contribution in [0.3, 0.4) is 0 Å². The number of sulfonamides is 1. The molecule has 0 N–H and O–H groups in total. The summed E-state index contributed by atoms with van der Waals surface area (Å²) < 4.78 is 25.9. The maximum absolute atomic E-state index is 12.2. The standard InChI is InChI=1S/C13H13NO2S/c1-9-6-7-12-13-10(4-3-5-11(9)13)8-14(2)17(12,15)16/h3-7H,8H2,1-2H3. The van der Waals surface area contributed by atoms with Crippen LogP contribution in [0.1, 0.15) is 11.1 Å². The number of aryl methyl sites for hydroxylation is 1. The van der Waals surface area contributed by atoms with E-state index in [2.05, 4.69) is 0 Å². The lowest BCUT2D eigenvalue weighted by molar-refractivity contribution is 0.463. The predicted octanol–water partition coefficient (Wildman–Crippen LogP) is 2.28. The van der Waals surface area contributed by atoms with Gasteiger partial charge < -0.3 is 0 Å². The molecule has 0 radical (unpaired) electrons. The summed E-state index contributed by atoms with van der Waals surface area (Å²) in [7, 11) is -1.69. The molecule has 0 spiro atoms. The molecule has 88 valence electrons. The van der Waals surface area contributed by atoms with Gasteiger partial charge in [0.2, 0.25) is 10.0 Å². The molecule has 3 rings (SSSR count). The van der Waals surface area contributed by atoms with Gasteiger partial charge in [0.15, 0.2) is 0 Å². The van der Waals surface area contributed by atoms with Crippen molar-refractivity contribution in [1.29, 1.82) is 0 Å². The minimum absolute atomic E-state index is 0.433. The minimum Gasteiger partial charge on any atom is -0.207 e. The number of hydrogen-bond donors (Lipinski definition) is 0. The predicted molar refractivity (Wildman–Crippen MR) is 67.3 cm³/mol. The molecule has 2 aromatic carbocycles. The van der Waals surface area contributed by atoms with Crippen LogP contribution in [0.5, 0.6) is 0 Å². The third kappa shape index (κ3) is 1.34. The van der Waals surface area contributed by atoms with Gasteiger partial charge in [-0.25, -0.2) is 8.42 Å². The van der Waals surface area contributed by atoms with E-state index >= 15 is 0 Å². The first-order valence-electron chi connectivity index (χ1n) is 5.49. The van der Waals surface area contributed by atoms with Crippen molar-refractivity contribution in [2.45, 2.75) is 18.4 Å². The quantitative estimate of drug-likeness (QED) is 0.716. The largest absolute Gasteiger partial charge is 0.243 e. The third-order valence-corrected chi connectivity index (χ3v) is 5.23. The fourth-order valence-electron chi connectivity index (χ4n) is 2.43.